The Morgan fingerprint density at radius 2 is 1.78 bits per heavy atom. The van der Waals surface area contributed by atoms with E-state index in [0.29, 0.717) is 0 Å². The summed E-state index contributed by atoms with van der Waals surface area (Å²) < 4.78 is 37.0. The Kier molecular flexibility index (Phi) is 3.12. The van der Waals surface area contributed by atoms with Gasteiger partial charge in [0.1, 0.15) is 0 Å². The second-order valence-electron chi connectivity index (χ2n) is 3.44. The molecule has 0 aliphatic rings. The van der Waals surface area contributed by atoms with E-state index in [1.807, 2.05) is 0 Å². The first-order valence-electron chi connectivity index (χ1n) is 4.74. The lowest BCUT2D eigenvalue weighted by molar-refractivity contribution is -0.137. The smallest absolute Gasteiger partial charge is 0.284 e. The molecule has 0 bridgehead atoms. The topological polar surface area (TPSA) is 55.7 Å². The first-order valence-corrected chi connectivity index (χ1v) is 5.56. The van der Waals surface area contributed by atoms with Crippen LogP contribution in [0.5, 0.6) is 0 Å². The van der Waals surface area contributed by atoms with Gasteiger partial charge in [-0.05, 0) is 12.5 Å². The van der Waals surface area contributed by atoms with E-state index in [2.05, 4.69) is 15.0 Å². The minimum Gasteiger partial charge on any atom is -0.284 e. The van der Waals surface area contributed by atoms with Gasteiger partial charge in [-0.3, -0.25) is 4.79 Å². The molecule has 0 spiro atoms. The summed E-state index contributed by atoms with van der Waals surface area (Å²) in [7, 11) is 0. The van der Waals surface area contributed by atoms with Crippen molar-refractivity contribution in [3.8, 4) is 0 Å². The summed E-state index contributed by atoms with van der Waals surface area (Å²) in [5.41, 5.74) is 0.756. The molecule has 0 fully saturated rings. The predicted molar refractivity (Wildman–Crippen MR) is 57.3 cm³/mol. The SMILES string of the molecule is Cc1cnc(C(=O)c2cnc(C(F)(F)F)s2)nc1. The van der Waals surface area contributed by atoms with Crippen molar-refractivity contribution in [2.75, 3.05) is 0 Å². The van der Waals surface area contributed by atoms with Crippen LogP contribution in [0.2, 0.25) is 0 Å². The van der Waals surface area contributed by atoms with E-state index in [-0.39, 0.29) is 22.0 Å². The van der Waals surface area contributed by atoms with Crippen LogP contribution in [0.1, 0.15) is 26.1 Å². The molecule has 0 radical (unpaired) electrons. The van der Waals surface area contributed by atoms with Gasteiger partial charge in [-0.1, -0.05) is 0 Å². The molecule has 0 aromatic carbocycles. The fourth-order valence-corrected chi connectivity index (χ4v) is 1.85. The largest absolute Gasteiger partial charge is 0.443 e. The molecule has 94 valence electrons. The lowest BCUT2D eigenvalue weighted by Crippen LogP contribution is -2.05. The van der Waals surface area contributed by atoms with Gasteiger partial charge < -0.3 is 0 Å². The lowest BCUT2D eigenvalue weighted by Gasteiger charge is -1.99. The highest BCUT2D eigenvalue weighted by Gasteiger charge is 2.35. The summed E-state index contributed by atoms with van der Waals surface area (Å²) in [4.78, 5) is 22.3. The van der Waals surface area contributed by atoms with Crippen molar-refractivity contribution in [1.29, 1.82) is 0 Å². The molecule has 0 aliphatic heterocycles. The Morgan fingerprint density at radius 3 is 2.28 bits per heavy atom. The van der Waals surface area contributed by atoms with Gasteiger partial charge in [0, 0.05) is 18.6 Å². The molecule has 0 aliphatic carbocycles. The summed E-state index contributed by atoms with van der Waals surface area (Å²) in [6.45, 7) is 1.74. The maximum atomic E-state index is 12.3. The summed E-state index contributed by atoms with van der Waals surface area (Å²) in [5, 5.41) is -1.06. The highest BCUT2D eigenvalue weighted by Crippen LogP contribution is 2.32. The molecule has 0 atom stereocenters. The van der Waals surface area contributed by atoms with Gasteiger partial charge in [0.05, 0.1) is 4.88 Å². The number of aryl methyl sites for hydroxylation is 1. The Hall–Kier alpha value is -1.83. The van der Waals surface area contributed by atoms with E-state index >= 15 is 0 Å². The quantitative estimate of drug-likeness (QED) is 0.789. The van der Waals surface area contributed by atoms with Gasteiger partial charge in [-0.2, -0.15) is 13.2 Å². The molecule has 4 nitrogen and oxygen atoms in total. The van der Waals surface area contributed by atoms with Crippen LogP contribution in [0.15, 0.2) is 18.6 Å². The van der Waals surface area contributed by atoms with Gasteiger partial charge in [0.2, 0.25) is 11.6 Å². The number of carbonyl (C=O) groups is 1. The molecule has 2 aromatic heterocycles. The Balaban J connectivity index is 2.29. The van der Waals surface area contributed by atoms with Crippen LogP contribution in [0.25, 0.3) is 0 Å². The normalized spacial score (nSPS) is 11.6. The molecule has 8 heteroatoms. The van der Waals surface area contributed by atoms with Gasteiger partial charge >= 0.3 is 6.18 Å². The van der Waals surface area contributed by atoms with E-state index in [1.165, 1.54) is 12.4 Å². The highest BCUT2D eigenvalue weighted by molar-refractivity contribution is 7.13. The average Bonchev–Trinajstić information content (AvgIpc) is 2.78. The van der Waals surface area contributed by atoms with Crippen molar-refractivity contribution in [1.82, 2.24) is 15.0 Å². The number of ketones is 1. The summed E-state index contributed by atoms with van der Waals surface area (Å²) in [6, 6.07) is 0. The first-order chi connectivity index (χ1) is 8.38. The van der Waals surface area contributed by atoms with E-state index < -0.39 is 17.0 Å². The van der Waals surface area contributed by atoms with Crippen molar-refractivity contribution >= 4 is 17.1 Å². The average molecular weight is 273 g/mol. The monoisotopic (exact) mass is 273 g/mol. The second kappa shape index (κ2) is 4.45. The van der Waals surface area contributed by atoms with Crippen molar-refractivity contribution in [3.63, 3.8) is 0 Å². The molecule has 2 heterocycles. The van der Waals surface area contributed by atoms with Crippen molar-refractivity contribution in [3.05, 3.63) is 39.9 Å². The number of rotatable bonds is 2. The van der Waals surface area contributed by atoms with E-state index in [1.54, 1.807) is 6.92 Å². The van der Waals surface area contributed by atoms with Crippen LogP contribution in [0, 0.1) is 6.92 Å². The molecule has 0 N–H and O–H groups in total. The third-order valence-electron chi connectivity index (χ3n) is 1.96. The number of nitrogens with zero attached hydrogens (tertiary/aromatic N) is 3. The van der Waals surface area contributed by atoms with Crippen LogP contribution in [0.4, 0.5) is 13.2 Å². The lowest BCUT2D eigenvalue weighted by atomic mass is 10.3. The zero-order chi connectivity index (χ0) is 13.3. The van der Waals surface area contributed by atoms with E-state index in [0.717, 1.165) is 11.8 Å². The Bertz CT molecular complexity index is 577. The molecule has 18 heavy (non-hydrogen) atoms. The zero-order valence-corrected chi connectivity index (χ0v) is 9.84. The summed E-state index contributed by atoms with van der Waals surface area (Å²) in [6.07, 6.45) is -0.811. The molecular weight excluding hydrogens is 267 g/mol. The van der Waals surface area contributed by atoms with Crippen LogP contribution < -0.4 is 0 Å². The number of hydrogen-bond acceptors (Lipinski definition) is 5. The second-order valence-corrected chi connectivity index (χ2v) is 4.47. The number of halogens is 3. The standard InChI is InChI=1S/C10H6F3N3OS/c1-5-2-14-8(15-3-5)7(17)6-4-16-9(18-6)10(11,12)13/h2-4H,1H3. The predicted octanol–water partition coefficient (Wildman–Crippen LogP) is 2.49. The van der Waals surface area contributed by atoms with Gasteiger partial charge in [-0.25, -0.2) is 15.0 Å². The van der Waals surface area contributed by atoms with E-state index in [9.17, 15) is 18.0 Å². The maximum Gasteiger partial charge on any atom is 0.443 e. The molecule has 0 amide bonds. The number of aromatic nitrogens is 3. The van der Waals surface area contributed by atoms with Crippen LogP contribution in [-0.4, -0.2) is 20.7 Å². The van der Waals surface area contributed by atoms with Crippen LogP contribution in [0.3, 0.4) is 0 Å². The third kappa shape index (κ3) is 2.53. The Morgan fingerprint density at radius 1 is 1.17 bits per heavy atom. The molecule has 0 saturated heterocycles. The fourth-order valence-electron chi connectivity index (χ4n) is 1.13. The molecule has 0 unspecified atom stereocenters. The maximum absolute atomic E-state index is 12.3. The number of carbonyl (C=O) groups excluding carboxylic acids is 1. The molecule has 2 rings (SSSR count). The summed E-state index contributed by atoms with van der Waals surface area (Å²) in [5.74, 6) is -0.805. The number of thiazole rings is 1. The van der Waals surface area contributed by atoms with Crippen molar-refractivity contribution in [2.45, 2.75) is 13.1 Å². The van der Waals surface area contributed by atoms with Crippen LogP contribution in [-0.2, 0) is 6.18 Å². The van der Waals surface area contributed by atoms with Gasteiger partial charge in [0.15, 0.2) is 5.01 Å². The van der Waals surface area contributed by atoms with Crippen molar-refractivity contribution < 1.29 is 18.0 Å². The first kappa shape index (κ1) is 12.6. The minimum absolute atomic E-state index is 0.133. The summed E-state index contributed by atoms with van der Waals surface area (Å²) >= 11 is 0.281. The van der Waals surface area contributed by atoms with Crippen molar-refractivity contribution in [2.24, 2.45) is 0 Å². The van der Waals surface area contributed by atoms with Gasteiger partial charge in [0.25, 0.3) is 0 Å². The Labute approximate surface area is 104 Å². The fraction of sp³-hybridized carbons (Fsp3) is 0.200. The third-order valence-corrected chi connectivity index (χ3v) is 3.00. The minimum atomic E-state index is -4.54. The number of alkyl halides is 3. The molecule has 2 aromatic rings. The molecular formula is C10H6F3N3OS. The number of hydrogen-bond donors (Lipinski definition) is 0. The van der Waals surface area contributed by atoms with Gasteiger partial charge in [-0.15, -0.1) is 11.3 Å². The highest BCUT2D eigenvalue weighted by atomic mass is 32.1. The zero-order valence-electron chi connectivity index (χ0n) is 9.02. The van der Waals surface area contributed by atoms with Crippen LogP contribution >= 0.6 is 11.3 Å². The molecule has 0 saturated carbocycles. The van der Waals surface area contributed by atoms with E-state index in [4.69, 9.17) is 0 Å².